The SMILES string of the molecule is CC(N)CCCCN1CCC(C)(C)CCC1=O. The number of hydrogen-bond acceptors (Lipinski definition) is 2. The highest BCUT2D eigenvalue weighted by molar-refractivity contribution is 5.76. The number of amides is 1. The van der Waals surface area contributed by atoms with Gasteiger partial charge in [-0.3, -0.25) is 4.79 Å². The van der Waals surface area contributed by atoms with Gasteiger partial charge in [0.1, 0.15) is 0 Å². The van der Waals surface area contributed by atoms with Crippen molar-refractivity contribution in [1.82, 2.24) is 4.90 Å². The molecule has 0 aromatic heterocycles. The molecule has 0 bridgehead atoms. The van der Waals surface area contributed by atoms with Gasteiger partial charge in [-0.15, -0.1) is 0 Å². The molecular formula is C14H28N2O. The molecule has 0 saturated carbocycles. The first-order chi connectivity index (χ1) is 7.91. The number of carbonyl (C=O) groups excluding carboxylic acids is 1. The Labute approximate surface area is 106 Å². The van der Waals surface area contributed by atoms with Crippen molar-refractivity contribution < 1.29 is 4.79 Å². The summed E-state index contributed by atoms with van der Waals surface area (Å²) in [5.41, 5.74) is 6.05. The maximum atomic E-state index is 11.9. The number of hydrogen-bond donors (Lipinski definition) is 1. The fourth-order valence-electron chi connectivity index (χ4n) is 2.30. The van der Waals surface area contributed by atoms with E-state index >= 15 is 0 Å². The van der Waals surface area contributed by atoms with Crippen LogP contribution in [-0.4, -0.2) is 29.9 Å². The molecule has 1 atom stereocenters. The molecule has 1 saturated heterocycles. The van der Waals surface area contributed by atoms with Crippen LogP contribution in [0.2, 0.25) is 0 Å². The van der Waals surface area contributed by atoms with Crippen LogP contribution in [0.25, 0.3) is 0 Å². The molecule has 1 unspecified atom stereocenters. The molecule has 0 aromatic carbocycles. The van der Waals surface area contributed by atoms with Crippen LogP contribution < -0.4 is 5.73 Å². The van der Waals surface area contributed by atoms with Gasteiger partial charge in [-0.2, -0.15) is 0 Å². The molecular weight excluding hydrogens is 212 g/mol. The van der Waals surface area contributed by atoms with Crippen LogP contribution >= 0.6 is 0 Å². The average Bonchev–Trinajstić information content (AvgIpc) is 2.36. The first-order valence-corrected chi connectivity index (χ1v) is 6.94. The highest BCUT2D eigenvalue weighted by atomic mass is 16.2. The third-order valence-corrected chi connectivity index (χ3v) is 3.76. The molecule has 3 heteroatoms. The second-order valence-corrected chi connectivity index (χ2v) is 6.27. The van der Waals surface area contributed by atoms with E-state index in [2.05, 4.69) is 18.7 Å². The van der Waals surface area contributed by atoms with Crippen molar-refractivity contribution in [2.75, 3.05) is 13.1 Å². The maximum absolute atomic E-state index is 11.9. The Morgan fingerprint density at radius 3 is 2.71 bits per heavy atom. The van der Waals surface area contributed by atoms with Gasteiger partial charge in [-0.05, 0) is 38.0 Å². The Hall–Kier alpha value is -0.570. The molecule has 1 fully saturated rings. The normalized spacial score (nSPS) is 22.4. The van der Waals surface area contributed by atoms with E-state index in [-0.39, 0.29) is 6.04 Å². The maximum Gasteiger partial charge on any atom is 0.222 e. The summed E-state index contributed by atoms with van der Waals surface area (Å²) in [5, 5.41) is 0. The molecule has 0 spiro atoms. The van der Waals surface area contributed by atoms with Crippen molar-refractivity contribution in [2.24, 2.45) is 11.1 Å². The van der Waals surface area contributed by atoms with Crippen molar-refractivity contribution in [3.63, 3.8) is 0 Å². The fraction of sp³-hybridized carbons (Fsp3) is 0.929. The first kappa shape index (κ1) is 14.5. The van der Waals surface area contributed by atoms with E-state index in [1.807, 2.05) is 6.92 Å². The van der Waals surface area contributed by atoms with Crippen molar-refractivity contribution in [1.29, 1.82) is 0 Å². The van der Waals surface area contributed by atoms with Gasteiger partial charge in [-0.1, -0.05) is 20.3 Å². The van der Waals surface area contributed by atoms with Crippen LogP contribution in [0, 0.1) is 5.41 Å². The van der Waals surface area contributed by atoms with Crippen LogP contribution in [0.3, 0.4) is 0 Å². The minimum atomic E-state index is 0.286. The highest BCUT2D eigenvalue weighted by Gasteiger charge is 2.26. The minimum Gasteiger partial charge on any atom is -0.343 e. The van der Waals surface area contributed by atoms with E-state index in [1.165, 1.54) is 0 Å². The Morgan fingerprint density at radius 2 is 2.06 bits per heavy atom. The van der Waals surface area contributed by atoms with Crippen LogP contribution in [0.4, 0.5) is 0 Å². The van der Waals surface area contributed by atoms with Crippen molar-refractivity contribution in [2.45, 2.75) is 65.3 Å². The monoisotopic (exact) mass is 240 g/mol. The Morgan fingerprint density at radius 1 is 1.35 bits per heavy atom. The number of unbranched alkanes of at least 4 members (excludes halogenated alkanes) is 1. The molecule has 1 rings (SSSR count). The minimum absolute atomic E-state index is 0.286. The smallest absolute Gasteiger partial charge is 0.222 e. The number of nitrogens with two attached hydrogens (primary N) is 1. The molecule has 0 aliphatic carbocycles. The van der Waals surface area contributed by atoms with Crippen molar-refractivity contribution >= 4 is 5.91 Å². The number of carbonyl (C=O) groups is 1. The molecule has 1 aliphatic rings. The number of likely N-dealkylation sites (tertiary alicyclic amines) is 1. The Balaban J connectivity index is 2.30. The quantitative estimate of drug-likeness (QED) is 0.751. The Bertz CT molecular complexity index is 249. The lowest BCUT2D eigenvalue weighted by atomic mass is 9.85. The zero-order chi connectivity index (χ0) is 12.9. The lowest BCUT2D eigenvalue weighted by molar-refractivity contribution is -0.130. The topological polar surface area (TPSA) is 46.3 Å². The molecule has 0 aromatic rings. The summed E-state index contributed by atoms with van der Waals surface area (Å²) in [6.07, 6.45) is 6.17. The van der Waals surface area contributed by atoms with Gasteiger partial charge in [0.15, 0.2) is 0 Å². The molecule has 2 N–H and O–H groups in total. The summed E-state index contributed by atoms with van der Waals surface area (Å²) < 4.78 is 0. The van der Waals surface area contributed by atoms with Gasteiger partial charge < -0.3 is 10.6 Å². The van der Waals surface area contributed by atoms with Gasteiger partial charge in [0.05, 0.1) is 0 Å². The molecule has 1 heterocycles. The lowest BCUT2D eigenvalue weighted by Crippen LogP contribution is -2.31. The van der Waals surface area contributed by atoms with Crippen LogP contribution in [0.5, 0.6) is 0 Å². The van der Waals surface area contributed by atoms with Gasteiger partial charge >= 0.3 is 0 Å². The average molecular weight is 240 g/mol. The predicted molar refractivity (Wildman–Crippen MR) is 71.7 cm³/mol. The number of rotatable bonds is 5. The van der Waals surface area contributed by atoms with Crippen molar-refractivity contribution in [3.05, 3.63) is 0 Å². The third kappa shape index (κ3) is 5.53. The third-order valence-electron chi connectivity index (χ3n) is 3.76. The van der Waals surface area contributed by atoms with Gasteiger partial charge in [-0.25, -0.2) is 0 Å². The van der Waals surface area contributed by atoms with Crippen LogP contribution in [0.15, 0.2) is 0 Å². The summed E-state index contributed by atoms with van der Waals surface area (Å²) in [6.45, 7) is 8.42. The largest absolute Gasteiger partial charge is 0.343 e. The fourth-order valence-corrected chi connectivity index (χ4v) is 2.30. The molecule has 17 heavy (non-hydrogen) atoms. The molecule has 0 radical (unpaired) electrons. The van der Waals surface area contributed by atoms with Crippen LogP contribution in [0.1, 0.15) is 59.3 Å². The van der Waals surface area contributed by atoms with Crippen LogP contribution in [-0.2, 0) is 4.79 Å². The molecule has 3 nitrogen and oxygen atoms in total. The van der Waals surface area contributed by atoms with E-state index in [9.17, 15) is 4.79 Å². The van der Waals surface area contributed by atoms with E-state index in [0.29, 0.717) is 11.3 Å². The van der Waals surface area contributed by atoms with E-state index in [4.69, 9.17) is 5.73 Å². The molecule has 100 valence electrons. The second kappa shape index (κ2) is 6.39. The molecule has 1 amide bonds. The van der Waals surface area contributed by atoms with Gasteiger partial charge in [0.2, 0.25) is 5.91 Å². The summed E-state index contributed by atoms with van der Waals surface area (Å²) in [6, 6.07) is 0.286. The summed E-state index contributed by atoms with van der Waals surface area (Å²) in [5.74, 6) is 0.344. The lowest BCUT2D eigenvalue weighted by Gasteiger charge is -2.23. The standard InChI is InChI=1S/C14H28N2O/c1-12(15)6-4-5-10-16-11-9-14(2,3)8-7-13(16)17/h12H,4-11,15H2,1-3H3. The van der Waals surface area contributed by atoms with Crippen molar-refractivity contribution in [3.8, 4) is 0 Å². The second-order valence-electron chi connectivity index (χ2n) is 6.27. The van der Waals surface area contributed by atoms with Gasteiger partial charge in [0, 0.05) is 25.6 Å². The highest BCUT2D eigenvalue weighted by Crippen LogP contribution is 2.30. The van der Waals surface area contributed by atoms with E-state index in [1.54, 1.807) is 0 Å². The first-order valence-electron chi connectivity index (χ1n) is 6.94. The number of nitrogens with zero attached hydrogens (tertiary/aromatic N) is 1. The summed E-state index contributed by atoms with van der Waals surface area (Å²) in [7, 11) is 0. The predicted octanol–water partition coefficient (Wildman–Crippen LogP) is 2.54. The zero-order valence-corrected chi connectivity index (χ0v) is 11.7. The van der Waals surface area contributed by atoms with E-state index < -0.39 is 0 Å². The van der Waals surface area contributed by atoms with Gasteiger partial charge in [0.25, 0.3) is 0 Å². The zero-order valence-electron chi connectivity index (χ0n) is 11.7. The Kier molecular flexibility index (Phi) is 5.44. The van der Waals surface area contributed by atoms with E-state index in [0.717, 1.165) is 51.6 Å². The summed E-state index contributed by atoms with van der Waals surface area (Å²) in [4.78, 5) is 14.0. The summed E-state index contributed by atoms with van der Waals surface area (Å²) >= 11 is 0. The molecule has 1 aliphatic heterocycles.